The fourth-order valence-electron chi connectivity index (χ4n) is 2.71. The quantitative estimate of drug-likeness (QED) is 0.497. The van der Waals surface area contributed by atoms with Crippen LogP contribution in [0.15, 0.2) is 76.4 Å². The van der Waals surface area contributed by atoms with E-state index in [-0.39, 0.29) is 6.54 Å². The fraction of sp³-hybridized carbons (Fsp3) is 0.100. The third-order valence-corrected chi connectivity index (χ3v) is 4.28. The maximum absolute atomic E-state index is 12.2. The van der Waals surface area contributed by atoms with Gasteiger partial charge in [0.2, 0.25) is 5.82 Å². The van der Waals surface area contributed by atoms with Crippen molar-refractivity contribution in [2.45, 2.75) is 13.2 Å². The van der Waals surface area contributed by atoms with Crippen molar-refractivity contribution in [1.29, 1.82) is 0 Å². The molecule has 3 heterocycles. The molecule has 4 aromatic rings. The van der Waals surface area contributed by atoms with E-state index in [1.54, 1.807) is 48.9 Å². The van der Waals surface area contributed by atoms with Gasteiger partial charge in [0.25, 0.3) is 0 Å². The van der Waals surface area contributed by atoms with Gasteiger partial charge in [-0.25, -0.2) is 4.79 Å². The predicted molar refractivity (Wildman–Crippen MR) is 103 cm³/mol. The minimum atomic E-state index is -0.584. The van der Waals surface area contributed by atoms with Gasteiger partial charge in [-0.2, -0.15) is 0 Å². The summed E-state index contributed by atoms with van der Waals surface area (Å²) in [4.78, 5) is 20.5. The number of aromatic nitrogens is 4. The molecule has 3 aromatic heterocycles. The van der Waals surface area contributed by atoms with E-state index >= 15 is 0 Å². The van der Waals surface area contributed by atoms with Gasteiger partial charge in [-0.15, -0.1) is 0 Å². The van der Waals surface area contributed by atoms with Gasteiger partial charge in [0, 0.05) is 34.7 Å². The molecule has 4 rings (SSSR count). The van der Waals surface area contributed by atoms with Crippen molar-refractivity contribution in [3.63, 3.8) is 0 Å². The molecule has 28 heavy (non-hydrogen) atoms. The van der Waals surface area contributed by atoms with E-state index in [2.05, 4.69) is 15.1 Å². The van der Waals surface area contributed by atoms with Crippen LogP contribution in [0.4, 0.5) is 0 Å². The minimum Gasteiger partial charge on any atom is -0.488 e. The standard InChI is InChI=1S/C20H15ClN4O3/c21-16-6-7-18(27-13-14-4-3-8-22-11-14)15(10-16)12-25-19(24-28-20(25)26)17-5-1-2-9-23-17/h1-11H,12-13H2. The highest BCUT2D eigenvalue weighted by molar-refractivity contribution is 6.30. The molecule has 0 amide bonds. The molecule has 0 aliphatic rings. The van der Waals surface area contributed by atoms with Crippen LogP contribution in [0.2, 0.25) is 5.02 Å². The molecular weight excluding hydrogens is 380 g/mol. The van der Waals surface area contributed by atoms with Crippen molar-refractivity contribution < 1.29 is 9.26 Å². The molecule has 0 N–H and O–H groups in total. The first-order chi connectivity index (χ1) is 13.7. The Morgan fingerprint density at radius 3 is 2.82 bits per heavy atom. The summed E-state index contributed by atoms with van der Waals surface area (Å²) in [5, 5.41) is 4.39. The van der Waals surface area contributed by atoms with E-state index in [1.165, 1.54) is 4.57 Å². The van der Waals surface area contributed by atoms with Gasteiger partial charge >= 0.3 is 5.76 Å². The molecule has 0 radical (unpaired) electrons. The smallest absolute Gasteiger partial charge is 0.442 e. The summed E-state index contributed by atoms with van der Waals surface area (Å²) in [6.07, 6.45) is 5.06. The number of pyridine rings is 2. The Morgan fingerprint density at radius 2 is 2.04 bits per heavy atom. The number of hydrogen-bond donors (Lipinski definition) is 0. The highest BCUT2D eigenvalue weighted by Gasteiger charge is 2.16. The summed E-state index contributed by atoms with van der Waals surface area (Å²) >= 11 is 6.17. The lowest BCUT2D eigenvalue weighted by molar-refractivity contribution is 0.301. The van der Waals surface area contributed by atoms with E-state index in [0.29, 0.717) is 28.9 Å². The SMILES string of the molecule is O=c1onc(-c2ccccn2)n1Cc1cc(Cl)ccc1OCc1cccnc1. The van der Waals surface area contributed by atoms with Gasteiger partial charge < -0.3 is 4.74 Å². The summed E-state index contributed by atoms with van der Waals surface area (Å²) in [5.41, 5.74) is 2.19. The molecule has 0 spiro atoms. The number of rotatable bonds is 6. The lowest BCUT2D eigenvalue weighted by atomic mass is 10.2. The lowest BCUT2D eigenvalue weighted by Crippen LogP contribution is -2.17. The van der Waals surface area contributed by atoms with Gasteiger partial charge in [-0.1, -0.05) is 28.9 Å². The van der Waals surface area contributed by atoms with Gasteiger partial charge in [-0.3, -0.25) is 19.1 Å². The van der Waals surface area contributed by atoms with Gasteiger partial charge in [-0.05, 0) is 36.4 Å². The second-order valence-corrected chi connectivity index (χ2v) is 6.41. The number of hydrogen-bond acceptors (Lipinski definition) is 6. The molecule has 0 fully saturated rings. The predicted octanol–water partition coefficient (Wildman–Crippen LogP) is 3.57. The van der Waals surface area contributed by atoms with Crippen LogP contribution in [0.1, 0.15) is 11.1 Å². The average molecular weight is 395 g/mol. The van der Waals surface area contributed by atoms with Gasteiger partial charge in [0.1, 0.15) is 18.1 Å². The number of ether oxygens (including phenoxy) is 1. The summed E-state index contributed by atoms with van der Waals surface area (Å²) in [5.74, 6) is 0.357. The first-order valence-corrected chi connectivity index (χ1v) is 8.86. The molecular formula is C20H15ClN4O3. The van der Waals surface area contributed by atoms with Gasteiger partial charge in [0.15, 0.2) is 0 Å². The normalized spacial score (nSPS) is 10.8. The maximum atomic E-state index is 12.2. The van der Waals surface area contributed by atoms with Crippen molar-refractivity contribution >= 4 is 11.6 Å². The van der Waals surface area contributed by atoms with Crippen molar-refractivity contribution in [3.05, 3.63) is 93.8 Å². The van der Waals surface area contributed by atoms with Crippen molar-refractivity contribution in [3.8, 4) is 17.3 Å². The Hall–Kier alpha value is -3.45. The van der Waals surface area contributed by atoms with Crippen LogP contribution in [0.3, 0.4) is 0 Å². The third-order valence-electron chi connectivity index (χ3n) is 4.05. The highest BCUT2D eigenvalue weighted by atomic mass is 35.5. The van der Waals surface area contributed by atoms with Crippen LogP contribution in [-0.4, -0.2) is 19.7 Å². The summed E-state index contributed by atoms with van der Waals surface area (Å²) in [6.45, 7) is 0.519. The van der Waals surface area contributed by atoms with E-state index in [9.17, 15) is 4.79 Å². The largest absolute Gasteiger partial charge is 0.488 e. The Balaban J connectivity index is 1.65. The Bertz CT molecular complexity index is 1130. The second-order valence-electron chi connectivity index (χ2n) is 5.98. The first-order valence-electron chi connectivity index (χ1n) is 8.49. The first kappa shape index (κ1) is 17.9. The summed E-state index contributed by atoms with van der Waals surface area (Å²) in [6, 6.07) is 14.4. The van der Waals surface area contributed by atoms with Gasteiger partial charge in [0.05, 0.1) is 6.54 Å². The molecule has 140 valence electrons. The van der Waals surface area contributed by atoms with Crippen LogP contribution < -0.4 is 10.5 Å². The average Bonchev–Trinajstić information content (AvgIpc) is 3.09. The molecule has 7 nitrogen and oxygen atoms in total. The van der Waals surface area contributed by atoms with E-state index in [0.717, 1.165) is 11.1 Å². The Morgan fingerprint density at radius 1 is 1.11 bits per heavy atom. The number of nitrogens with zero attached hydrogens (tertiary/aromatic N) is 4. The molecule has 0 saturated heterocycles. The zero-order chi connectivity index (χ0) is 19.3. The molecule has 0 saturated carbocycles. The van der Waals surface area contributed by atoms with Crippen molar-refractivity contribution in [2.24, 2.45) is 0 Å². The highest BCUT2D eigenvalue weighted by Crippen LogP contribution is 2.25. The molecule has 0 unspecified atom stereocenters. The molecule has 1 aromatic carbocycles. The van der Waals surface area contributed by atoms with Crippen LogP contribution >= 0.6 is 11.6 Å². The maximum Gasteiger partial charge on any atom is 0.442 e. The van der Waals surface area contributed by atoms with Crippen molar-refractivity contribution in [2.75, 3.05) is 0 Å². The zero-order valence-corrected chi connectivity index (χ0v) is 15.4. The fourth-order valence-corrected chi connectivity index (χ4v) is 2.91. The monoisotopic (exact) mass is 394 g/mol. The van der Waals surface area contributed by atoms with Crippen molar-refractivity contribution in [1.82, 2.24) is 19.7 Å². The number of benzene rings is 1. The lowest BCUT2D eigenvalue weighted by Gasteiger charge is -2.13. The summed E-state index contributed by atoms with van der Waals surface area (Å²) in [7, 11) is 0. The third kappa shape index (κ3) is 3.94. The van der Waals surface area contributed by atoms with Crippen LogP contribution in [0.25, 0.3) is 11.5 Å². The van der Waals surface area contributed by atoms with Crippen LogP contribution in [-0.2, 0) is 13.2 Å². The topological polar surface area (TPSA) is 83.0 Å². The molecule has 0 bridgehead atoms. The Kier molecular flexibility index (Phi) is 5.16. The van der Waals surface area contributed by atoms with E-state index in [1.807, 2.05) is 18.2 Å². The molecule has 0 atom stereocenters. The number of halogens is 1. The Labute approximate surface area is 165 Å². The van der Waals surface area contributed by atoms with E-state index < -0.39 is 5.76 Å². The molecule has 8 heteroatoms. The van der Waals surface area contributed by atoms with E-state index in [4.69, 9.17) is 20.9 Å². The van der Waals surface area contributed by atoms with Crippen LogP contribution in [0.5, 0.6) is 5.75 Å². The molecule has 0 aliphatic carbocycles. The minimum absolute atomic E-state index is 0.178. The zero-order valence-electron chi connectivity index (χ0n) is 14.7. The molecule has 0 aliphatic heterocycles. The second kappa shape index (κ2) is 8.06. The van der Waals surface area contributed by atoms with Crippen LogP contribution in [0, 0.1) is 0 Å². The summed E-state index contributed by atoms with van der Waals surface area (Å²) < 4.78 is 12.2.